The number of hydrogen-bond acceptors (Lipinski definition) is 7. The summed E-state index contributed by atoms with van der Waals surface area (Å²) in [5, 5.41) is 18.8. The maximum Gasteiger partial charge on any atom is 0.297 e. The first-order chi connectivity index (χ1) is 18.2. The van der Waals surface area contributed by atoms with E-state index in [0.29, 0.717) is 36.7 Å². The third kappa shape index (κ3) is 6.79. The summed E-state index contributed by atoms with van der Waals surface area (Å²) in [4.78, 5) is 30.3. The predicted octanol–water partition coefficient (Wildman–Crippen LogP) is 3.13. The lowest BCUT2D eigenvalue weighted by Gasteiger charge is -2.29. The molecule has 3 aromatic rings. The Balaban J connectivity index is 1.52. The van der Waals surface area contributed by atoms with Gasteiger partial charge in [0.05, 0.1) is 17.3 Å². The molecular formula is C29H37N5O4. The van der Waals surface area contributed by atoms with E-state index in [9.17, 15) is 14.7 Å². The second-order valence-electron chi connectivity index (χ2n) is 10.3. The minimum atomic E-state index is -0.672. The van der Waals surface area contributed by atoms with Crippen LogP contribution in [0.4, 0.5) is 5.82 Å². The molecule has 1 amide bonds. The van der Waals surface area contributed by atoms with Gasteiger partial charge in [-0.2, -0.15) is 0 Å². The van der Waals surface area contributed by atoms with Crippen LogP contribution in [0.1, 0.15) is 55.1 Å². The van der Waals surface area contributed by atoms with E-state index in [1.165, 1.54) is 0 Å². The second kappa shape index (κ2) is 11.8. The molecular weight excluding hydrogens is 482 g/mol. The molecule has 9 heteroatoms. The molecule has 9 nitrogen and oxygen atoms in total. The fourth-order valence-corrected chi connectivity index (χ4v) is 4.27. The number of ether oxygens (including phenoxy) is 1. The van der Waals surface area contributed by atoms with E-state index >= 15 is 0 Å². The lowest BCUT2D eigenvalue weighted by molar-refractivity contribution is 0.0951. The van der Waals surface area contributed by atoms with Gasteiger partial charge in [0.2, 0.25) is 0 Å². The Kier molecular flexibility index (Phi) is 8.48. The maximum atomic E-state index is 13.5. The van der Waals surface area contributed by atoms with E-state index < -0.39 is 11.6 Å². The topological polar surface area (TPSA) is 118 Å². The van der Waals surface area contributed by atoms with Crippen molar-refractivity contribution >= 4 is 11.7 Å². The van der Waals surface area contributed by atoms with E-state index in [4.69, 9.17) is 4.74 Å². The number of nitrogens with one attached hydrogen (secondary N) is 3. The summed E-state index contributed by atoms with van der Waals surface area (Å²) in [6.07, 6.45) is 4.85. The summed E-state index contributed by atoms with van der Waals surface area (Å²) in [5.74, 6) is 0.824. The van der Waals surface area contributed by atoms with Gasteiger partial charge in [-0.25, -0.2) is 4.98 Å². The third-order valence-corrected chi connectivity index (χ3v) is 6.44. The van der Waals surface area contributed by atoms with E-state index in [2.05, 4.69) is 20.9 Å². The van der Waals surface area contributed by atoms with Gasteiger partial charge in [-0.15, -0.1) is 0 Å². The van der Waals surface area contributed by atoms with Crippen molar-refractivity contribution in [2.24, 2.45) is 0 Å². The SMILES string of the molecule is Cc1cc(C(=O)NC2CC2)ccc1-n1ccnc(NC(C)(C)c2ccccc2OCCNC[C@H](C)O)c1=O. The predicted molar refractivity (Wildman–Crippen MR) is 148 cm³/mol. The average molecular weight is 520 g/mol. The highest BCUT2D eigenvalue weighted by Crippen LogP contribution is 2.32. The number of aliphatic hydroxyl groups excluding tert-OH is 1. The van der Waals surface area contributed by atoms with Crippen LogP contribution < -0.4 is 26.2 Å². The van der Waals surface area contributed by atoms with Gasteiger partial charge >= 0.3 is 0 Å². The van der Waals surface area contributed by atoms with Crippen molar-refractivity contribution in [1.82, 2.24) is 20.2 Å². The number of hydrogen-bond donors (Lipinski definition) is 4. The Hall–Kier alpha value is -3.69. The van der Waals surface area contributed by atoms with E-state index in [-0.39, 0.29) is 23.3 Å². The molecule has 1 aliphatic carbocycles. The number of aliphatic hydroxyl groups is 1. The molecule has 1 aliphatic rings. The lowest BCUT2D eigenvalue weighted by atomic mass is 9.93. The quantitative estimate of drug-likeness (QED) is 0.272. The zero-order valence-electron chi connectivity index (χ0n) is 22.5. The van der Waals surface area contributed by atoms with E-state index in [1.807, 2.05) is 45.0 Å². The van der Waals surface area contributed by atoms with Crippen LogP contribution in [0.3, 0.4) is 0 Å². The van der Waals surface area contributed by atoms with Crippen LogP contribution in [0.15, 0.2) is 59.7 Å². The Bertz CT molecular complexity index is 1330. The molecule has 0 aliphatic heterocycles. The summed E-state index contributed by atoms with van der Waals surface area (Å²) in [6.45, 7) is 9.09. The third-order valence-electron chi connectivity index (χ3n) is 6.44. The van der Waals surface area contributed by atoms with Crippen molar-refractivity contribution in [2.45, 2.75) is 58.2 Å². The molecule has 1 aromatic heterocycles. The minimum absolute atomic E-state index is 0.0899. The largest absolute Gasteiger partial charge is 0.492 e. The van der Waals surface area contributed by atoms with Crippen molar-refractivity contribution in [1.29, 1.82) is 0 Å². The molecule has 0 radical (unpaired) electrons. The van der Waals surface area contributed by atoms with Gasteiger partial charge in [0, 0.05) is 42.7 Å². The van der Waals surface area contributed by atoms with Crippen molar-refractivity contribution in [3.05, 3.63) is 81.9 Å². The van der Waals surface area contributed by atoms with Crippen molar-refractivity contribution in [3.8, 4) is 11.4 Å². The molecule has 1 fully saturated rings. The van der Waals surface area contributed by atoms with Gasteiger partial charge < -0.3 is 25.8 Å². The first kappa shape index (κ1) is 27.3. The Morgan fingerprint density at radius 1 is 1.24 bits per heavy atom. The van der Waals surface area contributed by atoms with Gasteiger partial charge in [-0.1, -0.05) is 18.2 Å². The average Bonchev–Trinajstić information content (AvgIpc) is 3.69. The molecule has 2 aromatic carbocycles. The van der Waals surface area contributed by atoms with Crippen LogP contribution in [-0.4, -0.2) is 52.4 Å². The maximum absolute atomic E-state index is 13.5. The number of carbonyl (C=O) groups is 1. The first-order valence-electron chi connectivity index (χ1n) is 13.0. The van der Waals surface area contributed by atoms with E-state index in [0.717, 1.165) is 24.0 Å². The fourth-order valence-electron chi connectivity index (χ4n) is 4.27. The Labute approximate surface area is 223 Å². The number of aryl methyl sites for hydroxylation is 1. The smallest absolute Gasteiger partial charge is 0.297 e. The van der Waals surface area contributed by atoms with Gasteiger partial charge in [-0.3, -0.25) is 14.2 Å². The fraction of sp³-hybridized carbons (Fsp3) is 0.414. The number of benzene rings is 2. The number of carbonyl (C=O) groups excluding carboxylic acids is 1. The summed E-state index contributed by atoms with van der Waals surface area (Å²) >= 11 is 0. The Morgan fingerprint density at radius 2 is 2.00 bits per heavy atom. The van der Waals surface area contributed by atoms with Crippen LogP contribution in [0.5, 0.6) is 5.75 Å². The van der Waals surface area contributed by atoms with Crippen LogP contribution in [0, 0.1) is 6.92 Å². The zero-order valence-corrected chi connectivity index (χ0v) is 22.5. The van der Waals surface area contributed by atoms with Crippen molar-refractivity contribution < 1.29 is 14.6 Å². The second-order valence-corrected chi connectivity index (χ2v) is 10.3. The number of aromatic nitrogens is 2. The van der Waals surface area contributed by atoms with Gasteiger partial charge in [0.1, 0.15) is 12.4 Å². The molecule has 1 saturated carbocycles. The number of rotatable bonds is 12. The highest BCUT2D eigenvalue weighted by Gasteiger charge is 2.27. The van der Waals surface area contributed by atoms with Crippen LogP contribution in [0.2, 0.25) is 0 Å². The molecule has 4 N–H and O–H groups in total. The van der Waals surface area contributed by atoms with Crippen LogP contribution >= 0.6 is 0 Å². The highest BCUT2D eigenvalue weighted by molar-refractivity contribution is 5.95. The molecule has 202 valence electrons. The molecule has 1 atom stereocenters. The molecule has 1 heterocycles. The van der Waals surface area contributed by atoms with E-state index in [1.54, 1.807) is 42.1 Å². The first-order valence-corrected chi connectivity index (χ1v) is 13.0. The van der Waals surface area contributed by atoms with Gasteiger partial charge in [0.25, 0.3) is 11.5 Å². The minimum Gasteiger partial charge on any atom is -0.492 e. The number of amides is 1. The Morgan fingerprint density at radius 3 is 2.71 bits per heavy atom. The molecule has 0 unspecified atom stereocenters. The van der Waals surface area contributed by atoms with Gasteiger partial charge in [0.15, 0.2) is 5.82 Å². The normalized spacial score (nSPS) is 14.1. The zero-order chi connectivity index (χ0) is 27.3. The highest BCUT2D eigenvalue weighted by atomic mass is 16.5. The molecule has 4 rings (SSSR count). The standard InChI is InChI=1S/C29H37N5O4/c1-19-17-21(27(36)32-22-10-11-22)9-12-24(19)34-15-13-31-26(28(34)37)33-29(3,4)23-7-5-6-8-25(23)38-16-14-30-18-20(2)35/h5-9,12-13,15,17,20,22,30,35H,10-11,14,16,18H2,1-4H3,(H,31,33)(H,32,36)/t20-/m0/s1. The summed E-state index contributed by atoms with van der Waals surface area (Å²) in [5.41, 5.74) is 2.00. The molecule has 0 spiro atoms. The molecule has 38 heavy (non-hydrogen) atoms. The monoisotopic (exact) mass is 519 g/mol. The van der Waals surface area contributed by atoms with Crippen molar-refractivity contribution in [3.63, 3.8) is 0 Å². The number of nitrogens with zero attached hydrogens (tertiary/aromatic N) is 2. The molecule has 0 saturated heterocycles. The summed E-state index contributed by atoms with van der Waals surface area (Å²) in [6, 6.07) is 13.3. The molecule has 0 bridgehead atoms. The van der Waals surface area contributed by atoms with Gasteiger partial charge in [-0.05, 0) is 70.4 Å². The number of anilines is 1. The van der Waals surface area contributed by atoms with Crippen LogP contribution in [-0.2, 0) is 5.54 Å². The lowest BCUT2D eigenvalue weighted by Crippen LogP contribution is -2.34. The summed E-state index contributed by atoms with van der Waals surface area (Å²) in [7, 11) is 0. The van der Waals surface area contributed by atoms with Crippen molar-refractivity contribution in [2.75, 3.05) is 25.0 Å². The number of para-hydroxylation sites is 1. The summed E-state index contributed by atoms with van der Waals surface area (Å²) < 4.78 is 7.56. The van der Waals surface area contributed by atoms with Crippen LogP contribution in [0.25, 0.3) is 5.69 Å².